The highest BCUT2D eigenvalue weighted by Gasteiger charge is 2.11. The van der Waals surface area contributed by atoms with Crippen LogP contribution < -0.4 is 10.1 Å². The summed E-state index contributed by atoms with van der Waals surface area (Å²) in [5.74, 6) is 2.20. The Bertz CT molecular complexity index is 915. The van der Waals surface area contributed by atoms with E-state index in [4.69, 9.17) is 9.26 Å². The average Bonchev–Trinajstić information content (AvgIpc) is 3.20. The van der Waals surface area contributed by atoms with Gasteiger partial charge in [0.1, 0.15) is 12.4 Å². The van der Waals surface area contributed by atoms with Crippen LogP contribution in [0.2, 0.25) is 0 Å². The van der Waals surface area contributed by atoms with Gasteiger partial charge in [0, 0.05) is 18.4 Å². The van der Waals surface area contributed by atoms with Gasteiger partial charge in [-0.2, -0.15) is 4.98 Å². The molecule has 1 aromatic heterocycles. The Hall–Kier alpha value is -3.15. The molecule has 3 rings (SSSR count). The van der Waals surface area contributed by atoms with E-state index in [0.29, 0.717) is 43.6 Å². The molecule has 6 nitrogen and oxygen atoms in total. The fraction of sp³-hybridized carbons (Fsp3) is 0.348. The van der Waals surface area contributed by atoms with Crippen molar-refractivity contribution in [2.75, 3.05) is 13.2 Å². The summed E-state index contributed by atoms with van der Waals surface area (Å²) >= 11 is 0. The Balaban J connectivity index is 1.39. The molecule has 152 valence electrons. The maximum atomic E-state index is 12.0. The minimum Gasteiger partial charge on any atom is -0.492 e. The fourth-order valence-corrected chi connectivity index (χ4v) is 2.79. The largest absolute Gasteiger partial charge is 0.492 e. The van der Waals surface area contributed by atoms with Crippen LogP contribution in [0.25, 0.3) is 11.4 Å². The Morgan fingerprint density at radius 2 is 1.83 bits per heavy atom. The predicted octanol–water partition coefficient (Wildman–Crippen LogP) is 4.30. The summed E-state index contributed by atoms with van der Waals surface area (Å²) in [6.07, 6.45) is 0.695. The number of amides is 1. The molecule has 0 radical (unpaired) electrons. The lowest BCUT2D eigenvalue weighted by Crippen LogP contribution is -2.28. The molecule has 0 bridgehead atoms. The van der Waals surface area contributed by atoms with Crippen LogP contribution in [0, 0.1) is 6.92 Å². The Morgan fingerprint density at radius 3 is 2.52 bits per heavy atom. The highest BCUT2D eigenvalue weighted by Crippen LogP contribution is 2.20. The SMILES string of the molecule is Cc1ccc(OCCNC(=O)CCc2nc(-c3ccc(C(C)C)cc3)no2)cc1. The van der Waals surface area contributed by atoms with E-state index in [-0.39, 0.29) is 5.91 Å². The van der Waals surface area contributed by atoms with Crippen LogP contribution in [0.15, 0.2) is 53.1 Å². The molecule has 1 N–H and O–H groups in total. The molecule has 0 spiro atoms. The van der Waals surface area contributed by atoms with E-state index in [9.17, 15) is 4.79 Å². The molecule has 0 aliphatic carbocycles. The van der Waals surface area contributed by atoms with Crippen molar-refractivity contribution in [3.05, 3.63) is 65.5 Å². The summed E-state index contributed by atoms with van der Waals surface area (Å²) in [7, 11) is 0. The molecule has 0 atom stereocenters. The quantitative estimate of drug-likeness (QED) is 0.549. The maximum Gasteiger partial charge on any atom is 0.227 e. The zero-order valence-electron chi connectivity index (χ0n) is 17.1. The van der Waals surface area contributed by atoms with Gasteiger partial charge in [-0.15, -0.1) is 0 Å². The van der Waals surface area contributed by atoms with Gasteiger partial charge in [-0.3, -0.25) is 4.79 Å². The van der Waals surface area contributed by atoms with Crippen LogP contribution in [0.1, 0.15) is 43.2 Å². The van der Waals surface area contributed by atoms with Crippen molar-refractivity contribution in [3.8, 4) is 17.1 Å². The van der Waals surface area contributed by atoms with E-state index in [2.05, 4.69) is 41.4 Å². The monoisotopic (exact) mass is 393 g/mol. The first-order chi connectivity index (χ1) is 14.0. The lowest BCUT2D eigenvalue weighted by Gasteiger charge is -2.07. The van der Waals surface area contributed by atoms with Gasteiger partial charge < -0.3 is 14.6 Å². The molecule has 1 heterocycles. The predicted molar refractivity (Wildman–Crippen MR) is 112 cm³/mol. The zero-order valence-corrected chi connectivity index (χ0v) is 17.1. The third-order valence-corrected chi connectivity index (χ3v) is 4.58. The molecule has 0 saturated carbocycles. The number of hydrogen-bond donors (Lipinski definition) is 1. The van der Waals surface area contributed by atoms with E-state index in [0.717, 1.165) is 11.3 Å². The highest BCUT2D eigenvalue weighted by atomic mass is 16.5. The van der Waals surface area contributed by atoms with E-state index < -0.39 is 0 Å². The van der Waals surface area contributed by atoms with Gasteiger partial charge in [-0.1, -0.05) is 61.0 Å². The first kappa shape index (κ1) is 20.6. The molecule has 2 aromatic carbocycles. The van der Waals surface area contributed by atoms with Crippen LogP contribution in [-0.4, -0.2) is 29.2 Å². The number of rotatable bonds is 9. The molecule has 0 unspecified atom stereocenters. The number of benzene rings is 2. The summed E-state index contributed by atoms with van der Waals surface area (Å²) in [5, 5.41) is 6.85. The first-order valence-corrected chi connectivity index (χ1v) is 9.90. The number of carbonyl (C=O) groups is 1. The normalized spacial score (nSPS) is 10.9. The summed E-state index contributed by atoms with van der Waals surface area (Å²) in [5.41, 5.74) is 3.35. The van der Waals surface area contributed by atoms with Gasteiger partial charge in [0.05, 0.1) is 6.54 Å². The lowest BCUT2D eigenvalue weighted by molar-refractivity contribution is -0.121. The highest BCUT2D eigenvalue weighted by molar-refractivity contribution is 5.76. The van der Waals surface area contributed by atoms with Crippen LogP contribution in [0.3, 0.4) is 0 Å². The molecule has 3 aromatic rings. The zero-order chi connectivity index (χ0) is 20.6. The third-order valence-electron chi connectivity index (χ3n) is 4.58. The minimum atomic E-state index is -0.0708. The Kier molecular flexibility index (Phi) is 7.00. The topological polar surface area (TPSA) is 77.2 Å². The van der Waals surface area contributed by atoms with Crippen LogP contribution in [0.5, 0.6) is 5.75 Å². The fourth-order valence-electron chi connectivity index (χ4n) is 2.79. The number of aromatic nitrogens is 2. The van der Waals surface area contributed by atoms with E-state index in [1.165, 1.54) is 11.1 Å². The number of nitrogens with one attached hydrogen (secondary N) is 1. The van der Waals surface area contributed by atoms with Gasteiger partial charge in [0.15, 0.2) is 0 Å². The number of ether oxygens (including phenoxy) is 1. The van der Waals surface area contributed by atoms with Crippen molar-refractivity contribution in [3.63, 3.8) is 0 Å². The van der Waals surface area contributed by atoms with Crippen molar-refractivity contribution >= 4 is 5.91 Å². The number of nitrogens with zero attached hydrogens (tertiary/aromatic N) is 2. The molecule has 29 heavy (non-hydrogen) atoms. The number of hydrogen-bond acceptors (Lipinski definition) is 5. The Morgan fingerprint density at radius 1 is 1.10 bits per heavy atom. The average molecular weight is 393 g/mol. The number of carbonyl (C=O) groups excluding carboxylic acids is 1. The van der Waals surface area contributed by atoms with Gasteiger partial charge in [-0.25, -0.2) is 0 Å². The number of aryl methyl sites for hydroxylation is 2. The van der Waals surface area contributed by atoms with E-state index in [1.807, 2.05) is 43.3 Å². The minimum absolute atomic E-state index is 0.0708. The molecule has 0 aliphatic heterocycles. The van der Waals surface area contributed by atoms with Crippen LogP contribution in [0.4, 0.5) is 0 Å². The van der Waals surface area contributed by atoms with Crippen LogP contribution in [-0.2, 0) is 11.2 Å². The Labute approximate surface area is 171 Å². The van der Waals surface area contributed by atoms with E-state index >= 15 is 0 Å². The van der Waals surface area contributed by atoms with Crippen molar-refractivity contribution < 1.29 is 14.1 Å². The molecule has 0 fully saturated rings. The van der Waals surface area contributed by atoms with Gasteiger partial charge in [0.2, 0.25) is 17.6 Å². The molecule has 1 amide bonds. The summed E-state index contributed by atoms with van der Waals surface area (Å²) in [4.78, 5) is 16.4. The second-order valence-electron chi connectivity index (χ2n) is 7.30. The van der Waals surface area contributed by atoms with E-state index in [1.54, 1.807) is 0 Å². The van der Waals surface area contributed by atoms with Gasteiger partial charge >= 0.3 is 0 Å². The molecule has 6 heteroatoms. The molecule has 0 aliphatic rings. The van der Waals surface area contributed by atoms with Gasteiger partial charge in [-0.05, 0) is 30.5 Å². The van der Waals surface area contributed by atoms with Gasteiger partial charge in [0.25, 0.3) is 0 Å². The molecular formula is C23H27N3O3. The van der Waals surface area contributed by atoms with Crippen molar-refractivity contribution in [1.82, 2.24) is 15.5 Å². The second-order valence-corrected chi connectivity index (χ2v) is 7.30. The first-order valence-electron chi connectivity index (χ1n) is 9.90. The summed E-state index contributed by atoms with van der Waals surface area (Å²) < 4.78 is 10.9. The standard InChI is InChI=1S/C23H27N3O3/c1-16(2)18-6-8-19(9-7-18)23-25-22(29-26-23)13-12-21(27)24-14-15-28-20-10-4-17(3)5-11-20/h4-11,16H,12-15H2,1-3H3,(H,24,27). The third kappa shape index (κ3) is 6.17. The molecule has 0 saturated heterocycles. The van der Waals surface area contributed by atoms with Crippen LogP contribution >= 0.6 is 0 Å². The van der Waals surface area contributed by atoms with Crippen molar-refractivity contribution in [2.45, 2.75) is 39.5 Å². The molecular weight excluding hydrogens is 366 g/mol. The van der Waals surface area contributed by atoms with Crippen molar-refractivity contribution in [1.29, 1.82) is 0 Å². The smallest absolute Gasteiger partial charge is 0.227 e. The lowest BCUT2D eigenvalue weighted by atomic mass is 10.0. The summed E-state index contributed by atoms with van der Waals surface area (Å²) in [6.45, 7) is 7.21. The summed E-state index contributed by atoms with van der Waals surface area (Å²) in [6, 6.07) is 15.9. The maximum absolute atomic E-state index is 12.0. The second kappa shape index (κ2) is 9.87. The van der Waals surface area contributed by atoms with Crippen molar-refractivity contribution in [2.24, 2.45) is 0 Å².